The lowest BCUT2D eigenvalue weighted by Gasteiger charge is -2.25. The Labute approximate surface area is 116 Å². The van der Waals surface area contributed by atoms with Crippen LogP contribution in [0, 0.1) is 6.92 Å². The molecule has 2 aromatic rings. The van der Waals surface area contributed by atoms with Gasteiger partial charge in [-0.3, -0.25) is 0 Å². The third kappa shape index (κ3) is 2.84. The lowest BCUT2D eigenvalue weighted by Crippen LogP contribution is -2.31. The minimum Gasteiger partial charge on any atom is -0.339 e. The van der Waals surface area contributed by atoms with Gasteiger partial charge < -0.3 is 10.3 Å². The molecule has 19 heavy (non-hydrogen) atoms. The van der Waals surface area contributed by atoms with E-state index < -0.39 is 0 Å². The van der Waals surface area contributed by atoms with Crippen LogP contribution in [0.1, 0.15) is 54.0 Å². The minimum absolute atomic E-state index is 0.156. The van der Waals surface area contributed by atoms with Crippen molar-refractivity contribution in [3.63, 3.8) is 0 Å². The molecule has 0 spiro atoms. The second-order valence-electron chi connectivity index (χ2n) is 5.14. The molecule has 3 rings (SSSR count). The van der Waals surface area contributed by atoms with Crippen LogP contribution in [-0.4, -0.2) is 21.2 Å². The van der Waals surface area contributed by atoms with Crippen LogP contribution < -0.4 is 5.73 Å². The highest BCUT2D eigenvalue weighted by molar-refractivity contribution is 7.09. The zero-order chi connectivity index (χ0) is 13.2. The van der Waals surface area contributed by atoms with Gasteiger partial charge in [-0.1, -0.05) is 18.0 Å². The molecule has 0 amide bonds. The monoisotopic (exact) mass is 278 g/mol. The number of hydrogen-bond acceptors (Lipinski definition) is 6. The summed E-state index contributed by atoms with van der Waals surface area (Å²) in [5.74, 6) is 1.64. The van der Waals surface area contributed by atoms with E-state index in [0.29, 0.717) is 18.1 Å². The molecule has 2 heterocycles. The van der Waals surface area contributed by atoms with Gasteiger partial charge in [0.2, 0.25) is 5.89 Å². The maximum Gasteiger partial charge on any atom is 0.231 e. The molecule has 2 N–H and O–H groups in total. The first kappa shape index (κ1) is 12.7. The summed E-state index contributed by atoms with van der Waals surface area (Å²) in [5, 5.41) is 7.16. The van der Waals surface area contributed by atoms with Crippen molar-refractivity contribution in [2.45, 2.75) is 51.0 Å². The van der Waals surface area contributed by atoms with Gasteiger partial charge in [-0.05, 0) is 19.8 Å². The highest BCUT2D eigenvalue weighted by Crippen LogP contribution is 2.31. The average Bonchev–Trinajstić information content (AvgIpc) is 3.00. The molecule has 102 valence electrons. The smallest absolute Gasteiger partial charge is 0.231 e. The fourth-order valence-corrected chi connectivity index (χ4v) is 3.22. The zero-order valence-electron chi connectivity index (χ0n) is 11.0. The van der Waals surface area contributed by atoms with Gasteiger partial charge in [0.05, 0.1) is 23.0 Å². The van der Waals surface area contributed by atoms with Crippen LogP contribution in [0.2, 0.25) is 0 Å². The Kier molecular flexibility index (Phi) is 3.61. The number of hydrogen-bond donors (Lipinski definition) is 1. The molecule has 1 aliphatic carbocycles. The number of rotatable bonds is 3. The van der Waals surface area contributed by atoms with E-state index in [1.54, 1.807) is 11.3 Å². The second-order valence-corrected chi connectivity index (χ2v) is 6.20. The number of nitrogens with two attached hydrogens (primary N) is 1. The van der Waals surface area contributed by atoms with E-state index in [9.17, 15) is 0 Å². The standard InChI is InChI=1S/C13H18N4OS/c1-8-15-9(7-19-8)6-12-16-13(18-17-12)10-4-2-3-5-11(10)14/h7,10-11H,2-6,14H2,1H3. The number of aryl methyl sites for hydroxylation is 1. The topological polar surface area (TPSA) is 77.8 Å². The summed E-state index contributed by atoms with van der Waals surface area (Å²) in [4.78, 5) is 8.91. The summed E-state index contributed by atoms with van der Waals surface area (Å²) in [6.45, 7) is 2.00. The highest BCUT2D eigenvalue weighted by Gasteiger charge is 2.28. The van der Waals surface area contributed by atoms with Gasteiger partial charge in [0.25, 0.3) is 0 Å². The Bertz CT molecular complexity index is 550. The first-order chi connectivity index (χ1) is 9.22. The van der Waals surface area contributed by atoms with Crippen LogP contribution in [0.4, 0.5) is 0 Å². The molecule has 1 fully saturated rings. The molecule has 0 radical (unpaired) electrons. The van der Waals surface area contributed by atoms with Gasteiger partial charge >= 0.3 is 0 Å². The molecule has 0 saturated heterocycles. The quantitative estimate of drug-likeness (QED) is 0.932. The Hall–Kier alpha value is -1.27. The van der Waals surface area contributed by atoms with Crippen LogP contribution in [0.25, 0.3) is 0 Å². The Morgan fingerprint density at radius 1 is 1.37 bits per heavy atom. The Morgan fingerprint density at radius 3 is 2.95 bits per heavy atom. The fourth-order valence-electron chi connectivity index (χ4n) is 2.61. The van der Waals surface area contributed by atoms with Crippen molar-refractivity contribution in [1.82, 2.24) is 15.1 Å². The molecule has 6 heteroatoms. The summed E-state index contributed by atoms with van der Waals surface area (Å²) >= 11 is 1.64. The van der Waals surface area contributed by atoms with E-state index >= 15 is 0 Å². The van der Waals surface area contributed by atoms with Gasteiger partial charge in [0.15, 0.2) is 5.82 Å². The summed E-state index contributed by atoms with van der Waals surface area (Å²) in [5.41, 5.74) is 7.14. The second kappa shape index (κ2) is 5.38. The lowest BCUT2D eigenvalue weighted by molar-refractivity contribution is 0.289. The Morgan fingerprint density at radius 2 is 2.21 bits per heavy atom. The molecule has 0 aliphatic heterocycles. The third-order valence-corrected chi connectivity index (χ3v) is 4.45. The van der Waals surface area contributed by atoms with E-state index in [-0.39, 0.29) is 12.0 Å². The SMILES string of the molecule is Cc1nc(Cc2noc(C3CCCCC3N)n2)cs1. The number of aromatic nitrogens is 3. The predicted molar refractivity (Wildman–Crippen MR) is 73.1 cm³/mol. The van der Waals surface area contributed by atoms with Crippen molar-refractivity contribution in [3.05, 3.63) is 27.8 Å². The van der Waals surface area contributed by atoms with Crippen molar-refractivity contribution in [2.24, 2.45) is 5.73 Å². The molecule has 1 saturated carbocycles. The predicted octanol–water partition coefficient (Wildman–Crippen LogP) is 2.41. The maximum absolute atomic E-state index is 6.14. The van der Waals surface area contributed by atoms with Crippen LogP contribution in [0.15, 0.2) is 9.90 Å². The largest absolute Gasteiger partial charge is 0.339 e. The van der Waals surface area contributed by atoms with Gasteiger partial charge in [0, 0.05) is 11.4 Å². The summed E-state index contributed by atoms with van der Waals surface area (Å²) in [7, 11) is 0. The molecule has 2 aromatic heterocycles. The van der Waals surface area contributed by atoms with E-state index in [1.807, 2.05) is 12.3 Å². The molecule has 2 atom stereocenters. The maximum atomic E-state index is 6.14. The zero-order valence-corrected chi connectivity index (χ0v) is 11.8. The molecule has 2 unspecified atom stereocenters. The number of thiazole rings is 1. The summed E-state index contributed by atoms with van der Waals surface area (Å²) < 4.78 is 5.39. The first-order valence-electron chi connectivity index (χ1n) is 6.71. The van der Waals surface area contributed by atoms with E-state index in [1.165, 1.54) is 12.8 Å². The third-order valence-electron chi connectivity index (χ3n) is 3.63. The average molecular weight is 278 g/mol. The highest BCUT2D eigenvalue weighted by atomic mass is 32.1. The van der Waals surface area contributed by atoms with Crippen molar-refractivity contribution in [2.75, 3.05) is 0 Å². The van der Waals surface area contributed by atoms with E-state index in [0.717, 1.165) is 23.5 Å². The van der Waals surface area contributed by atoms with Crippen molar-refractivity contribution in [1.29, 1.82) is 0 Å². The van der Waals surface area contributed by atoms with Crippen molar-refractivity contribution >= 4 is 11.3 Å². The summed E-state index contributed by atoms with van der Waals surface area (Å²) in [6.07, 6.45) is 5.14. The fraction of sp³-hybridized carbons (Fsp3) is 0.615. The number of nitrogens with zero attached hydrogens (tertiary/aromatic N) is 3. The van der Waals surface area contributed by atoms with Gasteiger partial charge in [-0.2, -0.15) is 4.98 Å². The van der Waals surface area contributed by atoms with E-state index in [4.69, 9.17) is 10.3 Å². The van der Waals surface area contributed by atoms with Crippen LogP contribution >= 0.6 is 11.3 Å². The van der Waals surface area contributed by atoms with Gasteiger partial charge in [0.1, 0.15) is 0 Å². The molecular formula is C13H18N4OS. The molecule has 0 aromatic carbocycles. The van der Waals surface area contributed by atoms with Gasteiger partial charge in [-0.15, -0.1) is 11.3 Å². The summed E-state index contributed by atoms with van der Waals surface area (Å²) in [6, 6.07) is 0.156. The lowest BCUT2D eigenvalue weighted by atomic mass is 9.85. The van der Waals surface area contributed by atoms with Crippen molar-refractivity contribution < 1.29 is 4.52 Å². The molecule has 0 bridgehead atoms. The van der Waals surface area contributed by atoms with Crippen molar-refractivity contribution in [3.8, 4) is 0 Å². The Balaban J connectivity index is 1.72. The first-order valence-corrected chi connectivity index (χ1v) is 7.59. The van der Waals surface area contributed by atoms with Crippen LogP contribution in [-0.2, 0) is 6.42 Å². The van der Waals surface area contributed by atoms with E-state index in [2.05, 4.69) is 15.1 Å². The molecular weight excluding hydrogens is 260 g/mol. The van der Waals surface area contributed by atoms with Crippen LogP contribution in [0.5, 0.6) is 0 Å². The molecule has 5 nitrogen and oxygen atoms in total. The molecule has 1 aliphatic rings. The van der Waals surface area contributed by atoms with Gasteiger partial charge in [-0.25, -0.2) is 4.98 Å². The normalized spacial score (nSPS) is 23.7. The van der Waals surface area contributed by atoms with Crippen LogP contribution in [0.3, 0.4) is 0 Å². The minimum atomic E-state index is 0.156.